The molecule has 146 valence electrons. The van der Waals surface area contributed by atoms with Gasteiger partial charge >= 0.3 is 12.1 Å². The van der Waals surface area contributed by atoms with E-state index >= 15 is 0 Å². The van der Waals surface area contributed by atoms with Crippen molar-refractivity contribution in [2.24, 2.45) is 11.8 Å². The first-order valence-corrected chi connectivity index (χ1v) is 9.53. The molecule has 0 aliphatic heterocycles. The fourth-order valence-electron chi connectivity index (χ4n) is 2.85. The summed E-state index contributed by atoms with van der Waals surface area (Å²) in [5.41, 5.74) is 1.72. The van der Waals surface area contributed by atoms with Gasteiger partial charge in [0.2, 0.25) is 0 Å². The third-order valence-corrected chi connectivity index (χ3v) is 4.26. The lowest BCUT2D eigenvalue weighted by Gasteiger charge is -2.32. The standard InChI is InChI=1S/C21H33NO4/c1-7-9-16-10-12-17(13-11-16)20(23)26-19(15(5)6)18(14(3)4)22-21(24)25-8-2/h10-15,18-19H,7-9H2,1-6H3,(H,22,24). The van der Waals surface area contributed by atoms with Crippen LogP contribution in [0.4, 0.5) is 4.79 Å². The second kappa shape index (κ2) is 10.8. The van der Waals surface area contributed by atoms with Crippen molar-refractivity contribution < 1.29 is 19.1 Å². The van der Waals surface area contributed by atoms with E-state index in [0.29, 0.717) is 12.2 Å². The van der Waals surface area contributed by atoms with E-state index in [1.165, 1.54) is 5.56 Å². The zero-order valence-corrected chi connectivity index (χ0v) is 16.9. The Hall–Kier alpha value is -2.04. The second-order valence-corrected chi connectivity index (χ2v) is 7.20. The molecular formula is C21H33NO4. The normalized spacial score (nSPS) is 13.4. The van der Waals surface area contributed by atoms with E-state index in [1.807, 2.05) is 39.8 Å². The van der Waals surface area contributed by atoms with Crippen LogP contribution in [0.2, 0.25) is 0 Å². The minimum absolute atomic E-state index is 0.0487. The Morgan fingerprint density at radius 2 is 1.62 bits per heavy atom. The summed E-state index contributed by atoms with van der Waals surface area (Å²) in [4.78, 5) is 24.5. The quantitative estimate of drug-likeness (QED) is 0.652. The van der Waals surface area contributed by atoms with Gasteiger partial charge in [0.1, 0.15) is 6.10 Å². The monoisotopic (exact) mass is 363 g/mol. The van der Waals surface area contributed by atoms with E-state index in [2.05, 4.69) is 12.2 Å². The summed E-state index contributed by atoms with van der Waals surface area (Å²) in [6.07, 6.45) is 1.12. The molecule has 1 aromatic carbocycles. The third kappa shape index (κ3) is 6.70. The number of rotatable bonds is 9. The molecule has 1 aromatic rings. The molecule has 0 saturated carbocycles. The first-order valence-electron chi connectivity index (χ1n) is 9.53. The molecule has 0 bridgehead atoms. The van der Waals surface area contributed by atoms with Crippen LogP contribution in [-0.2, 0) is 15.9 Å². The lowest BCUT2D eigenvalue weighted by Crippen LogP contribution is -2.50. The first-order chi connectivity index (χ1) is 12.3. The Kier molecular flexibility index (Phi) is 9.17. The molecule has 0 spiro atoms. The number of esters is 1. The summed E-state index contributed by atoms with van der Waals surface area (Å²) in [6, 6.07) is 7.20. The minimum Gasteiger partial charge on any atom is -0.456 e. The summed E-state index contributed by atoms with van der Waals surface area (Å²) in [6.45, 7) is 12.1. The smallest absolute Gasteiger partial charge is 0.407 e. The van der Waals surface area contributed by atoms with Crippen LogP contribution in [-0.4, -0.2) is 30.8 Å². The average Bonchev–Trinajstić information content (AvgIpc) is 2.58. The number of nitrogens with one attached hydrogen (secondary N) is 1. The average molecular weight is 363 g/mol. The molecule has 0 saturated heterocycles. The third-order valence-electron chi connectivity index (χ3n) is 4.26. The number of carbonyl (C=O) groups is 2. The van der Waals surface area contributed by atoms with Gasteiger partial charge in [0, 0.05) is 0 Å². The summed E-state index contributed by atoms with van der Waals surface area (Å²) < 4.78 is 10.8. The van der Waals surface area contributed by atoms with E-state index in [4.69, 9.17) is 9.47 Å². The number of hydrogen-bond acceptors (Lipinski definition) is 4. The van der Waals surface area contributed by atoms with E-state index in [-0.39, 0.29) is 23.8 Å². The molecule has 0 heterocycles. The van der Waals surface area contributed by atoms with Crippen LogP contribution in [0.15, 0.2) is 24.3 Å². The lowest BCUT2D eigenvalue weighted by molar-refractivity contribution is -0.00126. The van der Waals surface area contributed by atoms with Crippen molar-refractivity contribution in [3.05, 3.63) is 35.4 Å². The van der Waals surface area contributed by atoms with Crippen LogP contribution in [0.25, 0.3) is 0 Å². The predicted octanol–water partition coefficient (Wildman–Crippen LogP) is 4.59. The molecule has 5 nitrogen and oxygen atoms in total. The number of aryl methyl sites for hydroxylation is 1. The molecular weight excluding hydrogens is 330 g/mol. The summed E-state index contributed by atoms with van der Waals surface area (Å²) in [7, 11) is 0. The van der Waals surface area contributed by atoms with Crippen LogP contribution in [0.1, 0.15) is 63.9 Å². The minimum atomic E-state index is -0.489. The highest BCUT2D eigenvalue weighted by molar-refractivity contribution is 5.89. The zero-order chi connectivity index (χ0) is 19.7. The Balaban J connectivity index is 2.89. The predicted molar refractivity (Wildman–Crippen MR) is 103 cm³/mol. The van der Waals surface area contributed by atoms with Crippen LogP contribution in [0, 0.1) is 11.8 Å². The molecule has 0 radical (unpaired) electrons. The van der Waals surface area contributed by atoms with Gasteiger partial charge in [0.15, 0.2) is 0 Å². The van der Waals surface area contributed by atoms with Gasteiger partial charge in [-0.05, 0) is 42.9 Å². The molecule has 5 heteroatoms. The number of hydrogen-bond donors (Lipinski definition) is 1. The highest BCUT2D eigenvalue weighted by Crippen LogP contribution is 2.20. The maximum absolute atomic E-state index is 12.6. The summed E-state index contributed by atoms with van der Waals surface area (Å²) in [5.74, 6) is -0.234. The van der Waals surface area contributed by atoms with Crippen LogP contribution >= 0.6 is 0 Å². The Morgan fingerprint density at radius 1 is 1.00 bits per heavy atom. The van der Waals surface area contributed by atoms with Crippen molar-refractivity contribution >= 4 is 12.1 Å². The van der Waals surface area contributed by atoms with E-state index in [1.54, 1.807) is 19.1 Å². The van der Waals surface area contributed by atoms with E-state index in [0.717, 1.165) is 12.8 Å². The maximum Gasteiger partial charge on any atom is 0.407 e. The number of carbonyl (C=O) groups excluding carboxylic acids is 2. The van der Waals surface area contributed by atoms with Crippen LogP contribution < -0.4 is 5.32 Å². The number of alkyl carbamates (subject to hydrolysis) is 1. The van der Waals surface area contributed by atoms with Gasteiger partial charge in [-0.25, -0.2) is 9.59 Å². The maximum atomic E-state index is 12.6. The number of ether oxygens (including phenoxy) is 2. The van der Waals surface area contributed by atoms with Gasteiger partial charge in [0.25, 0.3) is 0 Å². The van der Waals surface area contributed by atoms with Crippen LogP contribution in [0.5, 0.6) is 0 Å². The van der Waals surface area contributed by atoms with Crippen molar-refractivity contribution in [2.75, 3.05) is 6.61 Å². The Labute approximate surface area is 157 Å². The van der Waals surface area contributed by atoms with Crippen molar-refractivity contribution in [2.45, 2.75) is 66.5 Å². The van der Waals surface area contributed by atoms with Gasteiger partial charge in [-0.3, -0.25) is 0 Å². The van der Waals surface area contributed by atoms with Crippen molar-refractivity contribution in [1.82, 2.24) is 5.32 Å². The molecule has 1 N–H and O–H groups in total. The number of benzene rings is 1. The molecule has 2 atom stereocenters. The largest absolute Gasteiger partial charge is 0.456 e. The molecule has 2 unspecified atom stereocenters. The van der Waals surface area contributed by atoms with E-state index in [9.17, 15) is 9.59 Å². The lowest BCUT2D eigenvalue weighted by atomic mass is 9.91. The number of amides is 1. The van der Waals surface area contributed by atoms with Crippen molar-refractivity contribution in [1.29, 1.82) is 0 Å². The molecule has 1 amide bonds. The fourth-order valence-corrected chi connectivity index (χ4v) is 2.85. The van der Waals surface area contributed by atoms with Gasteiger partial charge < -0.3 is 14.8 Å². The fraction of sp³-hybridized carbons (Fsp3) is 0.619. The molecule has 0 aliphatic rings. The Bertz CT molecular complexity index is 566. The van der Waals surface area contributed by atoms with Crippen molar-refractivity contribution in [3.63, 3.8) is 0 Å². The second-order valence-electron chi connectivity index (χ2n) is 7.20. The molecule has 0 aliphatic carbocycles. The van der Waals surface area contributed by atoms with E-state index < -0.39 is 12.2 Å². The molecule has 26 heavy (non-hydrogen) atoms. The van der Waals surface area contributed by atoms with Gasteiger partial charge in [-0.1, -0.05) is 53.2 Å². The SMILES string of the molecule is CCCc1ccc(C(=O)OC(C(C)C)C(NC(=O)OCC)C(C)C)cc1. The highest BCUT2D eigenvalue weighted by atomic mass is 16.6. The molecule has 0 fully saturated rings. The van der Waals surface area contributed by atoms with Gasteiger partial charge in [-0.15, -0.1) is 0 Å². The van der Waals surface area contributed by atoms with Gasteiger partial charge in [0.05, 0.1) is 18.2 Å². The molecule has 1 rings (SSSR count). The zero-order valence-electron chi connectivity index (χ0n) is 16.9. The topological polar surface area (TPSA) is 64.6 Å². The van der Waals surface area contributed by atoms with Crippen molar-refractivity contribution in [3.8, 4) is 0 Å². The van der Waals surface area contributed by atoms with Crippen LogP contribution in [0.3, 0.4) is 0 Å². The highest BCUT2D eigenvalue weighted by Gasteiger charge is 2.32. The summed E-state index contributed by atoms with van der Waals surface area (Å²) >= 11 is 0. The van der Waals surface area contributed by atoms with Gasteiger partial charge in [-0.2, -0.15) is 0 Å². The molecule has 0 aromatic heterocycles. The Morgan fingerprint density at radius 3 is 2.08 bits per heavy atom. The first kappa shape index (κ1) is 22.0. The summed E-state index contributed by atoms with van der Waals surface area (Å²) in [5, 5.41) is 2.84.